The van der Waals surface area contributed by atoms with Crippen molar-refractivity contribution in [3.63, 3.8) is 0 Å². The Bertz CT molecular complexity index is 689. The van der Waals surface area contributed by atoms with Crippen molar-refractivity contribution in [1.29, 1.82) is 0 Å². The van der Waals surface area contributed by atoms with E-state index < -0.39 is 11.7 Å². The normalized spacial score (nSPS) is 10.3. The SMILES string of the molecule is CCOc1cccc(CNC(=O)c2ccc(C)nc2N)c1F. The molecule has 1 aromatic carbocycles. The minimum Gasteiger partial charge on any atom is -0.491 e. The summed E-state index contributed by atoms with van der Waals surface area (Å²) in [4.78, 5) is 16.1. The highest BCUT2D eigenvalue weighted by Gasteiger charge is 2.13. The molecule has 1 heterocycles. The van der Waals surface area contributed by atoms with E-state index in [1.165, 1.54) is 0 Å². The van der Waals surface area contributed by atoms with Gasteiger partial charge in [-0.15, -0.1) is 0 Å². The molecule has 0 saturated heterocycles. The smallest absolute Gasteiger partial charge is 0.255 e. The standard InChI is InChI=1S/C16H18FN3O2/c1-3-22-13-6-4-5-11(14(13)17)9-19-16(21)12-8-7-10(2)20-15(12)18/h4-8H,3,9H2,1-2H3,(H2,18,20)(H,19,21). The van der Waals surface area contributed by atoms with Crippen LogP contribution in [0.3, 0.4) is 0 Å². The van der Waals surface area contributed by atoms with Crippen LogP contribution in [0.2, 0.25) is 0 Å². The molecule has 6 heteroatoms. The Morgan fingerprint density at radius 2 is 2.14 bits per heavy atom. The average molecular weight is 303 g/mol. The van der Waals surface area contributed by atoms with Crippen molar-refractivity contribution >= 4 is 11.7 Å². The zero-order valence-electron chi connectivity index (χ0n) is 12.5. The Morgan fingerprint density at radius 3 is 2.82 bits per heavy atom. The van der Waals surface area contributed by atoms with Crippen LogP contribution in [0.25, 0.3) is 0 Å². The van der Waals surface area contributed by atoms with Crippen LogP contribution in [0.5, 0.6) is 5.75 Å². The number of nitrogens with two attached hydrogens (primary N) is 1. The van der Waals surface area contributed by atoms with Gasteiger partial charge in [-0.2, -0.15) is 0 Å². The summed E-state index contributed by atoms with van der Waals surface area (Å²) in [5, 5.41) is 2.63. The van der Waals surface area contributed by atoms with E-state index in [4.69, 9.17) is 10.5 Å². The highest BCUT2D eigenvalue weighted by atomic mass is 19.1. The van der Waals surface area contributed by atoms with Gasteiger partial charge in [0.1, 0.15) is 5.82 Å². The lowest BCUT2D eigenvalue weighted by molar-refractivity contribution is 0.0951. The molecule has 0 unspecified atom stereocenters. The monoisotopic (exact) mass is 303 g/mol. The maximum absolute atomic E-state index is 14.1. The highest BCUT2D eigenvalue weighted by Crippen LogP contribution is 2.20. The highest BCUT2D eigenvalue weighted by molar-refractivity contribution is 5.98. The van der Waals surface area contributed by atoms with Crippen LogP contribution >= 0.6 is 0 Å². The summed E-state index contributed by atoms with van der Waals surface area (Å²) in [6.45, 7) is 3.98. The van der Waals surface area contributed by atoms with Gasteiger partial charge >= 0.3 is 0 Å². The van der Waals surface area contributed by atoms with E-state index in [2.05, 4.69) is 10.3 Å². The molecule has 0 aliphatic carbocycles. The van der Waals surface area contributed by atoms with Gasteiger partial charge in [-0.25, -0.2) is 9.37 Å². The van der Waals surface area contributed by atoms with Gasteiger partial charge in [0.05, 0.1) is 12.2 Å². The van der Waals surface area contributed by atoms with Crippen molar-refractivity contribution in [1.82, 2.24) is 10.3 Å². The summed E-state index contributed by atoms with van der Waals surface area (Å²) in [5.41, 5.74) is 7.06. The van der Waals surface area contributed by atoms with Crippen LogP contribution in [0.15, 0.2) is 30.3 Å². The van der Waals surface area contributed by atoms with Crippen molar-refractivity contribution in [3.8, 4) is 5.75 Å². The first-order valence-electron chi connectivity index (χ1n) is 6.94. The molecular formula is C16H18FN3O2. The number of anilines is 1. The van der Waals surface area contributed by atoms with E-state index in [1.54, 1.807) is 44.2 Å². The first kappa shape index (κ1) is 15.8. The van der Waals surface area contributed by atoms with E-state index >= 15 is 0 Å². The van der Waals surface area contributed by atoms with E-state index in [0.717, 1.165) is 5.69 Å². The molecule has 1 aromatic heterocycles. The third-order valence-electron chi connectivity index (χ3n) is 3.09. The van der Waals surface area contributed by atoms with Gasteiger partial charge in [-0.3, -0.25) is 4.79 Å². The van der Waals surface area contributed by atoms with Crippen molar-refractivity contribution < 1.29 is 13.9 Å². The molecule has 2 aromatic rings. The molecule has 0 aliphatic rings. The molecule has 5 nitrogen and oxygen atoms in total. The first-order valence-corrected chi connectivity index (χ1v) is 6.94. The number of amides is 1. The van der Waals surface area contributed by atoms with Crippen LogP contribution in [-0.2, 0) is 6.54 Å². The Kier molecular flexibility index (Phi) is 4.93. The molecular weight excluding hydrogens is 285 g/mol. The molecule has 0 fully saturated rings. The maximum Gasteiger partial charge on any atom is 0.255 e. The topological polar surface area (TPSA) is 77.2 Å². The molecule has 0 atom stereocenters. The molecule has 0 aliphatic heterocycles. The second kappa shape index (κ2) is 6.89. The van der Waals surface area contributed by atoms with Crippen LogP contribution < -0.4 is 15.8 Å². The number of aromatic nitrogens is 1. The van der Waals surface area contributed by atoms with E-state index in [9.17, 15) is 9.18 Å². The zero-order chi connectivity index (χ0) is 16.1. The summed E-state index contributed by atoms with van der Waals surface area (Å²) in [5.74, 6) is -0.544. The number of ether oxygens (including phenoxy) is 1. The van der Waals surface area contributed by atoms with Gasteiger partial charge in [-0.05, 0) is 32.0 Å². The van der Waals surface area contributed by atoms with Crippen LogP contribution in [-0.4, -0.2) is 17.5 Å². The summed E-state index contributed by atoms with van der Waals surface area (Å²) in [6, 6.07) is 8.11. The number of rotatable bonds is 5. The number of nitrogen functional groups attached to an aromatic ring is 1. The predicted molar refractivity (Wildman–Crippen MR) is 82.1 cm³/mol. The minimum atomic E-state index is -0.473. The number of nitrogens with one attached hydrogen (secondary N) is 1. The van der Waals surface area contributed by atoms with Crippen molar-refractivity contribution in [2.24, 2.45) is 0 Å². The molecule has 0 spiro atoms. The number of hydrogen-bond acceptors (Lipinski definition) is 4. The predicted octanol–water partition coefficient (Wildman–Crippen LogP) is 2.44. The number of nitrogens with zero attached hydrogens (tertiary/aromatic N) is 1. The van der Waals surface area contributed by atoms with Crippen molar-refractivity contribution in [2.75, 3.05) is 12.3 Å². The lowest BCUT2D eigenvalue weighted by Gasteiger charge is -2.10. The second-order valence-electron chi connectivity index (χ2n) is 4.73. The minimum absolute atomic E-state index is 0.0406. The van der Waals surface area contributed by atoms with E-state index in [1.807, 2.05) is 0 Å². The molecule has 1 amide bonds. The number of hydrogen-bond donors (Lipinski definition) is 2. The van der Waals surface area contributed by atoms with Gasteiger partial charge < -0.3 is 15.8 Å². The lowest BCUT2D eigenvalue weighted by atomic mass is 10.1. The second-order valence-corrected chi connectivity index (χ2v) is 4.73. The van der Waals surface area contributed by atoms with E-state index in [0.29, 0.717) is 12.2 Å². The van der Waals surface area contributed by atoms with Gasteiger partial charge in [-0.1, -0.05) is 12.1 Å². The van der Waals surface area contributed by atoms with Crippen LogP contribution in [0.1, 0.15) is 28.5 Å². The lowest BCUT2D eigenvalue weighted by Crippen LogP contribution is -2.24. The summed E-state index contributed by atoms with van der Waals surface area (Å²) in [7, 11) is 0. The third kappa shape index (κ3) is 3.52. The largest absolute Gasteiger partial charge is 0.491 e. The average Bonchev–Trinajstić information content (AvgIpc) is 2.48. The van der Waals surface area contributed by atoms with Crippen molar-refractivity contribution in [2.45, 2.75) is 20.4 Å². The number of pyridine rings is 1. The number of carbonyl (C=O) groups is 1. The fourth-order valence-corrected chi connectivity index (χ4v) is 2.00. The number of carbonyl (C=O) groups excluding carboxylic acids is 1. The Balaban J connectivity index is 2.09. The number of benzene rings is 1. The molecule has 116 valence electrons. The maximum atomic E-state index is 14.1. The van der Waals surface area contributed by atoms with Gasteiger partial charge in [0.2, 0.25) is 0 Å². The molecule has 22 heavy (non-hydrogen) atoms. The number of halogens is 1. The molecule has 3 N–H and O–H groups in total. The molecule has 2 rings (SSSR count). The van der Waals surface area contributed by atoms with Gasteiger partial charge in [0, 0.05) is 17.8 Å². The summed E-state index contributed by atoms with van der Waals surface area (Å²) in [6.07, 6.45) is 0. The quantitative estimate of drug-likeness (QED) is 0.889. The first-order chi connectivity index (χ1) is 10.5. The number of aryl methyl sites for hydroxylation is 1. The third-order valence-corrected chi connectivity index (χ3v) is 3.09. The van der Waals surface area contributed by atoms with Crippen LogP contribution in [0, 0.1) is 12.7 Å². The fraction of sp³-hybridized carbons (Fsp3) is 0.250. The van der Waals surface area contributed by atoms with Gasteiger partial charge in [0.25, 0.3) is 5.91 Å². The molecule has 0 radical (unpaired) electrons. The van der Waals surface area contributed by atoms with Gasteiger partial charge in [0.15, 0.2) is 11.6 Å². The van der Waals surface area contributed by atoms with Crippen molar-refractivity contribution in [3.05, 3.63) is 53.0 Å². The van der Waals surface area contributed by atoms with Crippen LogP contribution in [0.4, 0.5) is 10.2 Å². The summed E-state index contributed by atoms with van der Waals surface area (Å²) < 4.78 is 19.3. The molecule has 0 bridgehead atoms. The fourth-order valence-electron chi connectivity index (χ4n) is 2.00. The molecule has 0 saturated carbocycles. The zero-order valence-corrected chi connectivity index (χ0v) is 12.5. The Morgan fingerprint density at radius 1 is 1.36 bits per heavy atom. The Hall–Kier alpha value is -2.63. The Labute approximate surface area is 128 Å². The summed E-state index contributed by atoms with van der Waals surface area (Å²) >= 11 is 0. The van der Waals surface area contributed by atoms with E-state index in [-0.39, 0.29) is 23.7 Å².